The van der Waals surface area contributed by atoms with Gasteiger partial charge in [0.2, 0.25) is 5.91 Å². The van der Waals surface area contributed by atoms with Gasteiger partial charge in [-0.05, 0) is 42.8 Å². The molecule has 1 N–H and O–H groups in total. The summed E-state index contributed by atoms with van der Waals surface area (Å²) in [5.41, 5.74) is 2.07. The predicted octanol–water partition coefficient (Wildman–Crippen LogP) is 4.13. The van der Waals surface area contributed by atoms with Crippen LogP contribution in [0.5, 0.6) is 0 Å². The molecule has 0 aliphatic heterocycles. The van der Waals surface area contributed by atoms with Gasteiger partial charge in [0.15, 0.2) is 5.82 Å². The molecule has 0 atom stereocenters. The van der Waals surface area contributed by atoms with Crippen LogP contribution in [-0.4, -0.2) is 26.4 Å². The maximum Gasteiger partial charge on any atom is 0.235 e. The lowest BCUT2D eigenvalue weighted by Crippen LogP contribution is -2.15. The summed E-state index contributed by atoms with van der Waals surface area (Å²) in [6.07, 6.45) is 3.58. The van der Waals surface area contributed by atoms with Crippen LogP contribution in [0.2, 0.25) is 0 Å². The zero-order valence-electron chi connectivity index (χ0n) is 13.6. The molecule has 0 aliphatic carbocycles. The van der Waals surface area contributed by atoms with E-state index in [1.165, 1.54) is 11.8 Å². The van der Waals surface area contributed by atoms with Crippen LogP contribution in [0.3, 0.4) is 0 Å². The zero-order chi connectivity index (χ0) is 17.6. The van der Waals surface area contributed by atoms with Gasteiger partial charge in [0.05, 0.1) is 18.0 Å². The lowest BCUT2D eigenvalue weighted by atomic mass is 10.2. The molecule has 0 bridgehead atoms. The Morgan fingerprint density at radius 1 is 1.28 bits per heavy atom. The van der Waals surface area contributed by atoms with Crippen molar-refractivity contribution in [3.63, 3.8) is 0 Å². The van der Waals surface area contributed by atoms with Gasteiger partial charge in [-0.1, -0.05) is 22.0 Å². The number of nitrogens with zero attached hydrogens (tertiary/aromatic N) is 3. The quantitative estimate of drug-likeness (QED) is 0.613. The number of carbonyl (C=O) groups is 1. The molecule has 0 unspecified atom stereocenters. The van der Waals surface area contributed by atoms with Gasteiger partial charge in [-0.15, -0.1) is 11.8 Å². The van der Waals surface area contributed by atoms with E-state index in [9.17, 15) is 4.79 Å². The van der Waals surface area contributed by atoms with Gasteiger partial charge in [-0.2, -0.15) is 5.10 Å². The minimum absolute atomic E-state index is 0.0737. The van der Waals surface area contributed by atoms with Gasteiger partial charge in [0.25, 0.3) is 0 Å². The Morgan fingerprint density at radius 3 is 2.92 bits per heavy atom. The van der Waals surface area contributed by atoms with E-state index < -0.39 is 0 Å². The van der Waals surface area contributed by atoms with Crippen LogP contribution in [-0.2, 0) is 11.3 Å². The molecule has 3 aromatic rings. The lowest BCUT2D eigenvalue weighted by Gasteiger charge is -2.06. The normalized spacial score (nSPS) is 10.6. The van der Waals surface area contributed by atoms with Crippen LogP contribution in [0, 0.1) is 6.92 Å². The molecule has 0 saturated carbocycles. The van der Waals surface area contributed by atoms with Crippen molar-refractivity contribution in [3.8, 4) is 0 Å². The molecule has 2 heterocycles. The molecule has 0 saturated heterocycles. The smallest absolute Gasteiger partial charge is 0.235 e. The number of hydrogen-bond acceptors (Lipinski definition) is 4. The second-order valence-corrected chi connectivity index (χ2v) is 7.40. The topological polar surface area (TPSA) is 59.8 Å². The van der Waals surface area contributed by atoms with E-state index in [1.807, 2.05) is 49.5 Å². The molecule has 128 valence electrons. The molecule has 25 heavy (non-hydrogen) atoms. The number of halogens is 1. The summed E-state index contributed by atoms with van der Waals surface area (Å²) < 4.78 is 2.79. The van der Waals surface area contributed by atoms with Gasteiger partial charge < -0.3 is 5.32 Å². The molecule has 7 heteroatoms. The number of nitrogens with one attached hydrogen (secondary N) is 1. The molecular weight excluding hydrogens is 400 g/mol. The number of anilines is 1. The standard InChI is InChI=1S/C18H17BrN4OS/c1-13-10-14(19)5-6-16(13)25-12-18(24)21-17-7-9-23(22-17)11-15-4-2-3-8-20-15/h2-10H,11-12H2,1H3,(H,21,22,24). The van der Waals surface area contributed by atoms with E-state index in [-0.39, 0.29) is 5.91 Å². The number of carbonyl (C=O) groups excluding carboxylic acids is 1. The minimum Gasteiger partial charge on any atom is -0.308 e. The first-order valence-electron chi connectivity index (χ1n) is 7.72. The van der Waals surface area contributed by atoms with Crippen LogP contribution < -0.4 is 5.32 Å². The van der Waals surface area contributed by atoms with Gasteiger partial charge in [-0.3, -0.25) is 14.5 Å². The number of amides is 1. The fraction of sp³-hybridized carbons (Fsp3) is 0.167. The van der Waals surface area contributed by atoms with E-state index in [2.05, 4.69) is 31.3 Å². The number of aromatic nitrogens is 3. The van der Waals surface area contributed by atoms with E-state index >= 15 is 0 Å². The van der Waals surface area contributed by atoms with Crippen molar-refractivity contribution >= 4 is 39.4 Å². The molecule has 0 spiro atoms. The van der Waals surface area contributed by atoms with E-state index in [0.717, 1.165) is 20.6 Å². The van der Waals surface area contributed by atoms with Crippen molar-refractivity contribution in [2.45, 2.75) is 18.4 Å². The molecule has 5 nitrogen and oxygen atoms in total. The summed E-state index contributed by atoms with van der Waals surface area (Å²) in [6, 6.07) is 13.6. The Hall–Kier alpha value is -2.12. The number of thioether (sulfide) groups is 1. The van der Waals surface area contributed by atoms with Crippen LogP contribution in [0.15, 0.2) is 64.2 Å². The first kappa shape index (κ1) is 17.7. The maximum atomic E-state index is 12.1. The third-order valence-corrected chi connectivity index (χ3v) is 5.12. The monoisotopic (exact) mass is 416 g/mol. The summed E-state index contributed by atoms with van der Waals surface area (Å²) >= 11 is 4.96. The Labute approximate surface area is 159 Å². The van der Waals surface area contributed by atoms with Crippen molar-refractivity contribution < 1.29 is 4.79 Å². The average molecular weight is 417 g/mol. The predicted molar refractivity (Wildman–Crippen MR) is 104 cm³/mol. The number of rotatable bonds is 6. The van der Waals surface area contributed by atoms with E-state index in [1.54, 1.807) is 16.9 Å². The number of hydrogen-bond donors (Lipinski definition) is 1. The molecular formula is C18H17BrN4OS. The van der Waals surface area contributed by atoms with Crippen LogP contribution in [0.1, 0.15) is 11.3 Å². The second-order valence-electron chi connectivity index (χ2n) is 5.47. The summed E-state index contributed by atoms with van der Waals surface area (Å²) in [5.74, 6) is 0.819. The van der Waals surface area contributed by atoms with E-state index in [4.69, 9.17) is 0 Å². The molecule has 1 aromatic carbocycles. The van der Waals surface area contributed by atoms with Crippen LogP contribution in [0.25, 0.3) is 0 Å². The maximum absolute atomic E-state index is 12.1. The van der Waals surface area contributed by atoms with Crippen LogP contribution in [0.4, 0.5) is 5.82 Å². The molecule has 3 rings (SSSR count). The van der Waals surface area contributed by atoms with E-state index in [0.29, 0.717) is 18.1 Å². The number of benzene rings is 1. The Kier molecular flexibility index (Phi) is 5.88. The zero-order valence-corrected chi connectivity index (χ0v) is 16.0. The largest absolute Gasteiger partial charge is 0.308 e. The van der Waals surface area contributed by atoms with Gasteiger partial charge >= 0.3 is 0 Å². The number of aryl methyl sites for hydroxylation is 1. The highest BCUT2D eigenvalue weighted by molar-refractivity contribution is 9.10. The van der Waals surface area contributed by atoms with Crippen LogP contribution >= 0.6 is 27.7 Å². The summed E-state index contributed by atoms with van der Waals surface area (Å²) in [6.45, 7) is 2.60. The third-order valence-electron chi connectivity index (χ3n) is 3.45. The highest BCUT2D eigenvalue weighted by Crippen LogP contribution is 2.25. The van der Waals surface area contributed by atoms with Gasteiger partial charge in [0, 0.05) is 27.8 Å². The first-order chi connectivity index (χ1) is 12.1. The highest BCUT2D eigenvalue weighted by Gasteiger charge is 2.08. The third kappa shape index (κ3) is 5.17. The summed E-state index contributed by atoms with van der Waals surface area (Å²) in [5, 5.41) is 7.19. The van der Waals surface area contributed by atoms with Gasteiger partial charge in [-0.25, -0.2) is 0 Å². The first-order valence-corrected chi connectivity index (χ1v) is 9.50. The molecule has 2 aromatic heterocycles. The Morgan fingerprint density at radius 2 is 2.16 bits per heavy atom. The fourth-order valence-electron chi connectivity index (χ4n) is 2.27. The second kappa shape index (κ2) is 8.31. The fourth-order valence-corrected chi connectivity index (χ4v) is 3.56. The van der Waals surface area contributed by atoms with Crippen molar-refractivity contribution in [1.82, 2.24) is 14.8 Å². The highest BCUT2D eigenvalue weighted by atomic mass is 79.9. The average Bonchev–Trinajstić information content (AvgIpc) is 3.02. The van der Waals surface area contributed by atoms with Gasteiger partial charge in [0.1, 0.15) is 0 Å². The molecule has 0 aliphatic rings. The van der Waals surface area contributed by atoms with Crippen molar-refractivity contribution in [2.24, 2.45) is 0 Å². The van der Waals surface area contributed by atoms with Crippen molar-refractivity contribution in [1.29, 1.82) is 0 Å². The Bertz CT molecular complexity index is 867. The van der Waals surface area contributed by atoms with Crippen molar-refractivity contribution in [3.05, 3.63) is 70.6 Å². The lowest BCUT2D eigenvalue weighted by molar-refractivity contribution is -0.113. The summed E-state index contributed by atoms with van der Waals surface area (Å²) in [7, 11) is 0. The summed E-state index contributed by atoms with van der Waals surface area (Å²) in [4.78, 5) is 17.5. The van der Waals surface area contributed by atoms with Crippen molar-refractivity contribution in [2.75, 3.05) is 11.1 Å². The SMILES string of the molecule is Cc1cc(Br)ccc1SCC(=O)Nc1ccn(Cc2ccccn2)n1. The molecule has 0 fully saturated rings. The molecule has 0 radical (unpaired) electrons. The molecule has 1 amide bonds. The number of pyridine rings is 1. The Balaban J connectivity index is 1.53. The minimum atomic E-state index is -0.0737.